The number of hydrogen-bond donors (Lipinski definition) is 2. The van der Waals surface area contributed by atoms with Crippen LogP contribution in [0.15, 0.2) is 4.63 Å². The average Bonchev–Trinajstić information content (AvgIpc) is 3.16. The number of nitrogens with two attached hydrogens (primary N) is 1. The smallest absolute Gasteiger partial charge is 0.361 e. The number of anilines is 1. The van der Waals surface area contributed by atoms with Gasteiger partial charge in [-0.25, -0.2) is 9.42 Å². The first-order valence-electron chi connectivity index (χ1n) is 8.16. The van der Waals surface area contributed by atoms with Gasteiger partial charge >= 0.3 is 5.97 Å². The molecule has 0 saturated carbocycles. The van der Waals surface area contributed by atoms with Gasteiger partial charge in [0.2, 0.25) is 11.6 Å². The third kappa shape index (κ3) is 3.09. The van der Waals surface area contributed by atoms with Crippen molar-refractivity contribution >= 4 is 11.8 Å². The molecule has 0 radical (unpaired) electrons. The van der Waals surface area contributed by atoms with Crippen molar-refractivity contribution in [3.05, 3.63) is 11.4 Å². The van der Waals surface area contributed by atoms with E-state index in [1.165, 1.54) is 16.0 Å². The Morgan fingerprint density at radius 1 is 1.46 bits per heavy atom. The van der Waals surface area contributed by atoms with E-state index in [0.717, 1.165) is 19.4 Å². The van der Waals surface area contributed by atoms with E-state index in [0.29, 0.717) is 18.3 Å². The third-order valence-corrected chi connectivity index (χ3v) is 4.40. The van der Waals surface area contributed by atoms with Crippen molar-refractivity contribution in [2.45, 2.75) is 45.7 Å². The van der Waals surface area contributed by atoms with Crippen LogP contribution in [0, 0.1) is 0 Å². The summed E-state index contributed by atoms with van der Waals surface area (Å²) in [7, 11) is 0. The Morgan fingerprint density at radius 3 is 2.96 bits per heavy atom. The van der Waals surface area contributed by atoms with Crippen LogP contribution in [0.1, 0.15) is 49.3 Å². The standard InChI is InChI=1S/C14H21N7O3/c1-3-23-14(22)11-10(8-20-7-5-4-6-9(20)2)21(19-16-11)13-12(15)17-24-18-13/h9H,3-8H2,1-2H3,(H2,15,17)/p+1/t9-/m0/s1. The van der Waals surface area contributed by atoms with Crippen molar-refractivity contribution < 1.29 is 19.1 Å². The summed E-state index contributed by atoms with van der Waals surface area (Å²) in [5.41, 5.74) is 6.56. The maximum Gasteiger partial charge on any atom is 0.361 e. The van der Waals surface area contributed by atoms with Crippen LogP contribution in [-0.2, 0) is 11.3 Å². The summed E-state index contributed by atoms with van der Waals surface area (Å²) < 4.78 is 11.2. The Hall–Kier alpha value is -2.49. The van der Waals surface area contributed by atoms with Gasteiger partial charge in [-0.1, -0.05) is 5.21 Å². The molecule has 1 unspecified atom stereocenters. The highest BCUT2D eigenvalue weighted by Gasteiger charge is 2.30. The zero-order valence-electron chi connectivity index (χ0n) is 13.9. The molecule has 3 N–H and O–H groups in total. The predicted molar refractivity (Wildman–Crippen MR) is 82.4 cm³/mol. The molecular weight excluding hydrogens is 314 g/mol. The number of rotatable bonds is 5. The van der Waals surface area contributed by atoms with E-state index in [1.54, 1.807) is 6.92 Å². The van der Waals surface area contributed by atoms with Gasteiger partial charge in [-0.3, -0.25) is 0 Å². The van der Waals surface area contributed by atoms with Crippen molar-refractivity contribution in [3.63, 3.8) is 0 Å². The van der Waals surface area contributed by atoms with E-state index < -0.39 is 5.97 Å². The lowest BCUT2D eigenvalue weighted by Gasteiger charge is -2.30. The molecule has 3 rings (SSSR count). The highest BCUT2D eigenvalue weighted by Crippen LogP contribution is 2.16. The number of piperidine rings is 1. The quantitative estimate of drug-likeness (QED) is 0.691. The molecule has 1 fully saturated rings. The Balaban J connectivity index is 1.97. The summed E-state index contributed by atoms with van der Waals surface area (Å²) in [6.07, 6.45) is 3.54. The van der Waals surface area contributed by atoms with E-state index in [2.05, 4.69) is 32.2 Å². The maximum absolute atomic E-state index is 12.2. The van der Waals surface area contributed by atoms with Crippen molar-refractivity contribution in [3.8, 4) is 5.82 Å². The summed E-state index contributed by atoms with van der Waals surface area (Å²) in [6.45, 7) is 5.83. The predicted octanol–water partition coefficient (Wildman–Crippen LogP) is -0.633. The molecule has 0 spiro atoms. The molecule has 1 aliphatic heterocycles. The van der Waals surface area contributed by atoms with Crippen LogP contribution in [0.25, 0.3) is 5.82 Å². The van der Waals surface area contributed by atoms with Crippen molar-refractivity contribution in [1.29, 1.82) is 0 Å². The van der Waals surface area contributed by atoms with Crippen LogP contribution in [0.4, 0.5) is 5.82 Å². The van der Waals surface area contributed by atoms with Crippen molar-refractivity contribution in [2.24, 2.45) is 0 Å². The molecule has 2 aromatic rings. The second-order valence-corrected chi connectivity index (χ2v) is 5.97. The fourth-order valence-corrected chi connectivity index (χ4v) is 3.06. The first-order valence-corrected chi connectivity index (χ1v) is 8.16. The molecule has 2 atom stereocenters. The van der Waals surface area contributed by atoms with E-state index in [1.807, 2.05) is 0 Å². The number of quaternary nitrogens is 1. The largest absolute Gasteiger partial charge is 0.461 e. The van der Waals surface area contributed by atoms with Crippen LogP contribution in [0.5, 0.6) is 0 Å². The first kappa shape index (κ1) is 16.4. The van der Waals surface area contributed by atoms with Crippen molar-refractivity contribution in [2.75, 3.05) is 18.9 Å². The Kier molecular flexibility index (Phi) is 4.74. The van der Waals surface area contributed by atoms with Crippen LogP contribution >= 0.6 is 0 Å². The average molecular weight is 336 g/mol. The Labute approximate surface area is 138 Å². The fourth-order valence-electron chi connectivity index (χ4n) is 3.06. The molecule has 24 heavy (non-hydrogen) atoms. The molecule has 0 aromatic carbocycles. The topological polar surface area (TPSA) is 126 Å². The zero-order chi connectivity index (χ0) is 17.1. The van der Waals surface area contributed by atoms with Gasteiger partial charge in [0.1, 0.15) is 12.2 Å². The number of nitrogens with zero attached hydrogens (tertiary/aromatic N) is 5. The fraction of sp³-hybridized carbons (Fsp3) is 0.643. The SMILES string of the molecule is CCOC(=O)c1nnn(-c2nonc2N)c1C[NH+]1CCCC[C@@H]1C. The van der Waals surface area contributed by atoms with Gasteiger partial charge in [-0.15, -0.1) is 5.10 Å². The molecule has 2 aromatic heterocycles. The number of carbonyl (C=O) groups excluding carboxylic acids is 1. The van der Waals surface area contributed by atoms with Crippen LogP contribution in [-0.4, -0.2) is 50.5 Å². The first-order chi connectivity index (χ1) is 11.6. The van der Waals surface area contributed by atoms with E-state index in [-0.39, 0.29) is 23.9 Å². The minimum atomic E-state index is -0.502. The molecule has 10 heteroatoms. The third-order valence-electron chi connectivity index (χ3n) is 4.40. The highest BCUT2D eigenvalue weighted by molar-refractivity contribution is 5.88. The van der Waals surface area contributed by atoms with Gasteiger partial charge in [0.05, 0.1) is 19.2 Å². The zero-order valence-corrected chi connectivity index (χ0v) is 13.9. The molecule has 0 amide bonds. The summed E-state index contributed by atoms with van der Waals surface area (Å²) in [4.78, 5) is 13.6. The number of carbonyl (C=O) groups is 1. The number of esters is 1. The molecule has 10 nitrogen and oxygen atoms in total. The monoisotopic (exact) mass is 336 g/mol. The van der Waals surface area contributed by atoms with Crippen LogP contribution in [0.2, 0.25) is 0 Å². The highest BCUT2D eigenvalue weighted by atomic mass is 16.6. The number of aromatic nitrogens is 5. The van der Waals surface area contributed by atoms with E-state index in [4.69, 9.17) is 10.5 Å². The Morgan fingerprint density at radius 2 is 2.29 bits per heavy atom. The molecule has 0 aliphatic carbocycles. The molecule has 3 heterocycles. The van der Waals surface area contributed by atoms with Gasteiger partial charge in [0.25, 0.3) is 0 Å². The Bertz CT molecular complexity index is 711. The maximum atomic E-state index is 12.2. The number of likely N-dealkylation sites (tertiary alicyclic amines) is 1. The summed E-state index contributed by atoms with van der Waals surface area (Å²) in [5, 5.41) is 15.3. The lowest BCUT2D eigenvalue weighted by Crippen LogP contribution is -3.15. The van der Waals surface area contributed by atoms with Gasteiger partial charge in [-0.05, 0) is 43.4 Å². The van der Waals surface area contributed by atoms with Gasteiger partial charge in [-0.2, -0.15) is 4.68 Å². The molecule has 0 bridgehead atoms. The lowest BCUT2D eigenvalue weighted by molar-refractivity contribution is -0.942. The molecule has 1 saturated heterocycles. The molecule has 1 aliphatic rings. The summed E-state index contributed by atoms with van der Waals surface area (Å²) in [5.74, 6) is -0.173. The van der Waals surface area contributed by atoms with E-state index in [9.17, 15) is 4.79 Å². The second-order valence-electron chi connectivity index (χ2n) is 5.97. The second kappa shape index (κ2) is 6.95. The molecule has 130 valence electrons. The van der Waals surface area contributed by atoms with Gasteiger partial charge < -0.3 is 15.4 Å². The van der Waals surface area contributed by atoms with Crippen LogP contribution in [0.3, 0.4) is 0 Å². The number of ether oxygens (including phenoxy) is 1. The van der Waals surface area contributed by atoms with Gasteiger partial charge in [0, 0.05) is 0 Å². The lowest BCUT2D eigenvalue weighted by atomic mass is 10.0. The van der Waals surface area contributed by atoms with Gasteiger partial charge in [0.15, 0.2) is 5.69 Å². The number of nitrogen functional groups attached to an aromatic ring is 1. The normalized spacial score (nSPS) is 20.9. The minimum absolute atomic E-state index is 0.0956. The summed E-state index contributed by atoms with van der Waals surface area (Å²) in [6, 6.07) is 0.491. The van der Waals surface area contributed by atoms with Crippen molar-refractivity contribution in [1.82, 2.24) is 25.3 Å². The minimum Gasteiger partial charge on any atom is -0.461 e. The molecular formula is C14H22N7O3+. The van der Waals surface area contributed by atoms with Crippen LogP contribution < -0.4 is 10.6 Å². The van der Waals surface area contributed by atoms with E-state index >= 15 is 0 Å². The number of nitrogens with one attached hydrogen (secondary N) is 1. The summed E-state index contributed by atoms with van der Waals surface area (Å²) >= 11 is 0. The number of hydrogen-bond acceptors (Lipinski definition) is 8.